The first kappa shape index (κ1) is 21.8. The minimum absolute atomic E-state index is 0.0560. The Bertz CT molecular complexity index is 1020. The summed E-state index contributed by atoms with van der Waals surface area (Å²) in [6.45, 7) is 6.00. The molecule has 1 aromatic heterocycles. The highest BCUT2D eigenvalue weighted by Gasteiger charge is 2.18. The number of para-hydroxylation sites is 2. The van der Waals surface area contributed by atoms with Gasteiger partial charge in [0.05, 0.1) is 28.2 Å². The molecule has 3 aromatic rings. The molecule has 6 nitrogen and oxygen atoms in total. The fourth-order valence-corrected chi connectivity index (χ4v) is 3.69. The molecule has 0 bridgehead atoms. The lowest BCUT2D eigenvalue weighted by atomic mass is 10.2. The van der Waals surface area contributed by atoms with Crippen LogP contribution in [0.1, 0.15) is 42.9 Å². The first-order chi connectivity index (χ1) is 14.5. The number of hydrogen-bond acceptors (Lipinski definition) is 3. The molecule has 1 heterocycles. The molecule has 0 saturated heterocycles. The summed E-state index contributed by atoms with van der Waals surface area (Å²) >= 11 is 6.13. The van der Waals surface area contributed by atoms with E-state index in [4.69, 9.17) is 11.6 Å². The van der Waals surface area contributed by atoms with Gasteiger partial charge in [0.2, 0.25) is 5.91 Å². The zero-order valence-electron chi connectivity index (χ0n) is 17.4. The van der Waals surface area contributed by atoms with E-state index in [1.807, 2.05) is 33.7 Å². The molecular formula is C23H27ClN4O2. The molecule has 2 amide bonds. The van der Waals surface area contributed by atoms with Gasteiger partial charge in [-0.1, -0.05) is 49.7 Å². The monoisotopic (exact) mass is 426 g/mol. The molecule has 3 rings (SSSR count). The average molecular weight is 427 g/mol. The van der Waals surface area contributed by atoms with Crippen molar-refractivity contribution in [3.8, 4) is 0 Å². The minimum Gasteiger partial charge on any atom is -0.345 e. The van der Waals surface area contributed by atoms with E-state index in [0.717, 1.165) is 37.0 Å². The lowest BCUT2D eigenvalue weighted by molar-refractivity contribution is -0.131. The van der Waals surface area contributed by atoms with Crippen molar-refractivity contribution < 1.29 is 9.59 Å². The van der Waals surface area contributed by atoms with E-state index < -0.39 is 0 Å². The molecule has 0 aliphatic carbocycles. The number of nitrogens with one attached hydrogen (secondary N) is 1. The second-order valence-electron chi connectivity index (χ2n) is 7.15. The van der Waals surface area contributed by atoms with Gasteiger partial charge in [0, 0.05) is 13.1 Å². The number of hydrogen-bond donors (Lipinski definition) is 1. The van der Waals surface area contributed by atoms with Crippen LogP contribution in [0.15, 0.2) is 48.5 Å². The van der Waals surface area contributed by atoms with Crippen LogP contribution in [0.2, 0.25) is 5.02 Å². The molecule has 30 heavy (non-hydrogen) atoms. The SMILES string of the molecule is CCCN(CCC)C(=O)Cn1c(CNC(=O)c2ccccc2Cl)nc2ccccc21. The Labute approximate surface area is 181 Å². The van der Waals surface area contributed by atoms with Gasteiger partial charge in [-0.15, -0.1) is 0 Å². The lowest BCUT2D eigenvalue weighted by Crippen LogP contribution is -2.36. The molecule has 0 spiro atoms. The predicted octanol–water partition coefficient (Wildman–Crippen LogP) is 4.27. The largest absolute Gasteiger partial charge is 0.345 e. The number of halogens is 1. The molecule has 7 heteroatoms. The van der Waals surface area contributed by atoms with Gasteiger partial charge in [-0.3, -0.25) is 9.59 Å². The summed E-state index contributed by atoms with van der Waals surface area (Å²) in [6.07, 6.45) is 1.83. The summed E-state index contributed by atoms with van der Waals surface area (Å²) < 4.78 is 1.89. The fourth-order valence-electron chi connectivity index (χ4n) is 3.47. The predicted molar refractivity (Wildman–Crippen MR) is 120 cm³/mol. The molecule has 0 unspecified atom stereocenters. The van der Waals surface area contributed by atoms with Crippen molar-refractivity contribution in [3.05, 3.63) is 64.9 Å². The number of amides is 2. The number of carbonyl (C=O) groups is 2. The summed E-state index contributed by atoms with van der Waals surface area (Å²) in [6, 6.07) is 14.6. The Balaban J connectivity index is 1.83. The maximum Gasteiger partial charge on any atom is 0.253 e. The summed E-state index contributed by atoms with van der Waals surface area (Å²) in [5, 5.41) is 3.28. The highest BCUT2D eigenvalue weighted by Crippen LogP contribution is 2.18. The van der Waals surface area contributed by atoms with Gasteiger partial charge in [0.1, 0.15) is 12.4 Å². The maximum atomic E-state index is 13.0. The number of nitrogens with zero attached hydrogens (tertiary/aromatic N) is 3. The van der Waals surface area contributed by atoms with E-state index in [0.29, 0.717) is 16.4 Å². The van der Waals surface area contributed by atoms with Crippen molar-refractivity contribution in [2.75, 3.05) is 13.1 Å². The summed E-state index contributed by atoms with van der Waals surface area (Å²) in [7, 11) is 0. The molecule has 0 aliphatic heterocycles. The highest BCUT2D eigenvalue weighted by molar-refractivity contribution is 6.33. The molecule has 158 valence electrons. The normalized spacial score (nSPS) is 10.9. The van der Waals surface area contributed by atoms with Crippen LogP contribution < -0.4 is 5.32 Å². The topological polar surface area (TPSA) is 67.2 Å². The second-order valence-corrected chi connectivity index (χ2v) is 7.55. The van der Waals surface area contributed by atoms with Crippen LogP contribution in [0.5, 0.6) is 0 Å². The van der Waals surface area contributed by atoms with Gasteiger partial charge >= 0.3 is 0 Å². The van der Waals surface area contributed by atoms with Crippen LogP contribution in [0, 0.1) is 0 Å². The number of imidazole rings is 1. The molecule has 0 radical (unpaired) electrons. The van der Waals surface area contributed by atoms with Crippen molar-refractivity contribution in [2.24, 2.45) is 0 Å². The van der Waals surface area contributed by atoms with E-state index in [2.05, 4.69) is 24.1 Å². The molecule has 0 atom stereocenters. The number of rotatable bonds is 9. The van der Waals surface area contributed by atoms with Crippen LogP contribution in [-0.4, -0.2) is 39.4 Å². The quantitative estimate of drug-likeness (QED) is 0.555. The summed E-state index contributed by atoms with van der Waals surface area (Å²) in [4.78, 5) is 32.1. The van der Waals surface area contributed by atoms with Gasteiger partial charge in [-0.05, 0) is 37.1 Å². The lowest BCUT2D eigenvalue weighted by Gasteiger charge is -2.22. The smallest absolute Gasteiger partial charge is 0.253 e. The van der Waals surface area contributed by atoms with Crippen molar-refractivity contribution in [1.29, 1.82) is 0 Å². The minimum atomic E-state index is -0.274. The Hall–Kier alpha value is -2.86. The average Bonchev–Trinajstić information content (AvgIpc) is 3.09. The Morgan fingerprint density at radius 1 is 1.03 bits per heavy atom. The Kier molecular flexibility index (Phi) is 7.46. The molecule has 1 N–H and O–H groups in total. The highest BCUT2D eigenvalue weighted by atomic mass is 35.5. The van der Waals surface area contributed by atoms with Gasteiger partial charge in [0.15, 0.2) is 0 Å². The van der Waals surface area contributed by atoms with E-state index in [1.54, 1.807) is 24.3 Å². The van der Waals surface area contributed by atoms with Gasteiger partial charge < -0.3 is 14.8 Å². The summed E-state index contributed by atoms with van der Waals surface area (Å²) in [5.41, 5.74) is 2.08. The van der Waals surface area contributed by atoms with Crippen molar-refractivity contribution in [1.82, 2.24) is 19.8 Å². The van der Waals surface area contributed by atoms with Crippen LogP contribution >= 0.6 is 11.6 Å². The van der Waals surface area contributed by atoms with Crippen molar-refractivity contribution in [3.63, 3.8) is 0 Å². The third-order valence-electron chi connectivity index (χ3n) is 4.89. The number of carbonyl (C=O) groups excluding carboxylic acids is 2. The maximum absolute atomic E-state index is 13.0. The zero-order valence-corrected chi connectivity index (χ0v) is 18.2. The standard InChI is InChI=1S/C23H27ClN4O2/c1-3-13-27(14-4-2)22(29)16-28-20-12-8-7-11-19(20)26-21(28)15-25-23(30)17-9-5-6-10-18(17)24/h5-12H,3-4,13-16H2,1-2H3,(H,25,30). The van der Waals surface area contributed by atoms with Gasteiger partial charge in [0.25, 0.3) is 5.91 Å². The van der Waals surface area contributed by atoms with Crippen LogP contribution in [0.3, 0.4) is 0 Å². The van der Waals surface area contributed by atoms with Gasteiger partial charge in [-0.25, -0.2) is 4.98 Å². The van der Waals surface area contributed by atoms with E-state index in [9.17, 15) is 9.59 Å². The third kappa shape index (κ3) is 5.00. The Morgan fingerprint density at radius 3 is 2.40 bits per heavy atom. The first-order valence-corrected chi connectivity index (χ1v) is 10.7. The molecule has 0 fully saturated rings. The van der Waals surface area contributed by atoms with Gasteiger partial charge in [-0.2, -0.15) is 0 Å². The Morgan fingerprint density at radius 2 is 1.70 bits per heavy atom. The van der Waals surface area contributed by atoms with Crippen LogP contribution in [-0.2, 0) is 17.9 Å². The van der Waals surface area contributed by atoms with E-state index >= 15 is 0 Å². The first-order valence-electron chi connectivity index (χ1n) is 10.3. The fraction of sp³-hybridized carbons (Fsp3) is 0.348. The molecule has 0 aliphatic rings. The van der Waals surface area contributed by atoms with Crippen molar-refractivity contribution >= 4 is 34.4 Å². The number of fused-ring (bicyclic) bond motifs is 1. The van der Waals surface area contributed by atoms with Crippen LogP contribution in [0.25, 0.3) is 11.0 Å². The third-order valence-corrected chi connectivity index (χ3v) is 5.22. The zero-order chi connectivity index (χ0) is 21.5. The molecular weight excluding hydrogens is 400 g/mol. The molecule has 0 saturated carbocycles. The molecule has 2 aromatic carbocycles. The number of benzene rings is 2. The number of aromatic nitrogens is 2. The van der Waals surface area contributed by atoms with Crippen molar-refractivity contribution in [2.45, 2.75) is 39.8 Å². The van der Waals surface area contributed by atoms with Crippen LogP contribution in [0.4, 0.5) is 0 Å². The van der Waals surface area contributed by atoms with E-state index in [-0.39, 0.29) is 24.9 Å². The van der Waals surface area contributed by atoms with E-state index in [1.165, 1.54) is 0 Å². The summed E-state index contributed by atoms with van der Waals surface area (Å²) in [5.74, 6) is 0.419. The second kappa shape index (κ2) is 10.3.